The predicted octanol–water partition coefficient (Wildman–Crippen LogP) is 3.77. The van der Waals surface area contributed by atoms with Gasteiger partial charge < -0.3 is 29.2 Å². The minimum absolute atomic E-state index is 0.239. The lowest BCUT2D eigenvalue weighted by Gasteiger charge is -2.28. The molecule has 2 aromatic carbocycles. The standard InChI is InChI=1S/C20H17NO4.CH2O/c1-20(10-23-16-8-18-17(7-14(16)20)24-11-25-18)19-13(3-2-4-15(19)21)12-5-6-22-9-12;1-2/h2-9H,10-11,21H2,1H3;1H2. The van der Waals surface area contributed by atoms with Crippen LogP contribution in [0.3, 0.4) is 0 Å². The van der Waals surface area contributed by atoms with Crippen LogP contribution in [0.1, 0.15) is 18.1 Å². The summed E-state index contributed by atoms with van der Waals surface area (Å²) in [5.41, 5.74) is 10.9. The van der Waals surface area contributed by atoms with Gasteiger partial charge in [0.2, 0.25) is 6.79 Å². The van der Waals surface area contributed by atoms with Gasteiger partial charge in [-0.05, 0) is 36.2 Å². The average molecular weight is 365 g/mol. The summed E-state index contributed by atoms with van der Waals surface area (Å²) < 4.78 is 22.3. The van der Waals surface area contributed by atoms with E-state index >= 15 is 0 Å². The van der Waals surface area contributed by atoms with E-state index in [1.165, 1.54) is 0 Å². The number of carbonyl (C=O) groups is 1. The second-order valence-corrected chi connectivity index (χ2v) is 6.60. The summed E-state index contributed by atoms with van der Waals surface area (Å²) in [4.78, 5) is 8.00. The first-order valence-electron chi connectivity index (χ1n) is 8.44. The number of anilines is 1. The van der Waals surface area contributed by atoms with Gasteiger partial charge in [0, 0.05) is 22.9 Å². The van der Waals surface area contributed by atoms with Crippen molar-refractivity contribution in [3.8, 4) is 28.4 Å². The molecule has 2 N–H and O–H groups in total. The van der Waals surface area contributed by atoms with Crippen molar-refractivity contribution in [2.75, 3.05) is 19.1 Å². The van der Waals surface area contributed by atoms with E-state index < -0.39 is 5.41 Å². The number of hydrogen-bond acceptors (Lipinski definition) is 6. The van der Waals surface area contributed by atoms with Gasteiger partial charge in [0.05, 0.1) is 17.9 Å². The van der Waals surface area contributed by atoms with Gasteiger partial charge in [-0.25, -0.2) is 0 Å². The van der Waals surface area contributed by atoms with Crippen LogP contribution in [0.5, 0.6) is 17.2 Å². The maximum atomic E-state index is 8.00. The quantitative estimate of drug-likeness (QED) is 0.696. The third-order valence-corrected chi connectivity index (χ3v) is 5.07. The second-order valence-electron chi connectivity index (χ2n) is 6.60. The molecule has 0 radical (unpaired) electrons. The highest BCUT2D eigenvalue weighted by molar-refractivity contribution is 5.77. The Morgan fingerprint density at radius 3 is 2.56 bits per heavy atom. The van der Waals surface area contributed by atoms with Crippen molar-refractivity contribution in [1.82, 2.24) is 0 Å². The summed E-state index contributed by atoms with van der Waals surface area (Å²) in [6, 6.07) is 11.8. The molecule has 1 atom stereocenters. The molecule has 0 saturated carbocycles. The third-order valence-electron chi connectivity index (χ3n) is 5.07. The Labute approximate surface area is 156 Å². The smallest absolute Gasteiger partial charge is 0.231 e. The molecule has 6 nitrogen and oxygen atoms in total. The van der Waals surface area contributed by atoms with E-state index in [0.29, 0.717) is 6.61 Å². The SMILES string of the molecule is C=O.CC1(c2c(N)cccc2-c2ccoc2)COc2cc3c(cc21)OCO3. The van der Waals surface area contributed by atoms with Crippen LogP contribution in [-0.4, -0.2) is 20.2 Å². The summed E-state index contributed by atoms with van der Waals surface area (Å²) >= 11 is 0. The van der Waals surface area contributed by atoms with Crippen LogP contribution >= 0.6 is 0 Å². The van der Waals surface area contributed by atoms with Crippen molar-refractivity contribution in [3.63, 3.8) is 0 Å². The highest BCUT2D eigenvalue weighted by atomic mass is 16.7. The molecule has 1 aromatic heterocycles. The highest BCUT2D eigenvalue weighted by Gasteiger charge is 2.42. The number of carbonyl (C=O) groups excluding carboxylic acids is 1. The van der Waals surface area contributed by atoms with E-state index in [4.69, 9.17) is 29.2 Å². The van der Waals surface area contributed by atoms with Crippen LogP contribution in [0, 0.1) is 0 Å². The Morgan fingerprint density at radius 1 is 1.04 bits per heavy atom. The number of ether oxygens (including phenoxy) is 3. The second kappa shape index (κ2) is 6.39. The molecular weight excluding hydrogens is 346 g/mol. The lowest BCUT2D eigenvalue weighted by atomic mass is 9.74. The lowest BCUT2D eigenvalue weighted by molar-refractivity contribution is -0.0979. The van der Waals surface area contributed by atoms with Gasteiger partial charge in [-0.1, -0.05) is 12.1 Å². The molecule has 6 heteroatoms. The number of hydrogen-bond donors (Lipinski definition) is 1. The minimum Gasteiger partial charge on any atom is -0.492 e. The molecule has 1 unspecified atom stereocenters. The van der Waals surface area contributed by atoms with Crippen molar-refractivity contribution < 1.29 is 23.4 Å². The number of nitrogen functional groups attached to an aromatic ring is 1. The Hall–Kier alpha value is -3.41. The maximum absolute atomic E-state index is 8.00. The molecule has 27 heavy (non-hydrogen) atoms. The largest absolute Gasteiger partial charge is 0.492 e. The molecular formula is C21H19NO5. The predicted molar refractivity (Wildman–Crippen MR) is 100 cm³/mol. The molecule has 5 rings (SSSR count). The minimum atomic E-state index is -0.395. The Kier molecular flexibility index (Phi) is 4.03. The van der Waals surface area contributed by atoms with Gasteiger partial charge >= 0.3 is 0 Å². The highest BCUT2D eigenvalue weighted by Crippen LogP contribution is 2.52. The van der Waals surface area contributed by atoms with E-state index in [1.54, 1.807) is 12.5 Å². The van der Waals surface area contributed by atoms with Crippen molar-refractivity contribution in [2.24, 2.45) is 0 Å². The molecule has 0 spiro atoms. The maximum Gasteiger partial charge on any atom is 0.231 e. The lowest BCUT2D eigenvalue weighted by Crippen LogP contribution is -2.27. The van der Waals surface area contributed by atoms with E-state index in [2.05, 4.69) is 13.0 Å². The fourth-order valence-corrected chi connectivity index (χ4v) is 3.82. The van der Waals surface area contributed by atoms with Crippen LogP contribution in [-0.2, 0) is 10.2 Å². The number of nitrogens with two attached hydrogens (primary N) is 1. The van der Waals surface area contributed by atoms with Crippen molar-refractivity contribution >= 4 is 12.5 Å². The zero-order valence-electron chi connectivity index (χ0n) is 14.9. The van der Waals surface area contributed by atoms with E-state index in [0.717, 1.165) is 45.2 Å². The van der Waals surface area contributed by atoms with Crippen LogP contribution < -0.4 is 19.9 Å². The van der Waals surface area contributed by atoms with E-state index in [9.17, 15) is 0 Å². The van der Waals surface area contributed by atoms with Crippen LogP contribution in [0.15, 0.2) is 53.3 Å². The first kappa shape index (κ1) is 17.0. The fraction of sp³-hybridized carbons (Fsp3) is 0.190. The Balaban J connectivity index is 0.000000872. The summed E-state index contributed by atoms with van der Waals surface area (Å²) in [6.07, 6.45) is 3.40. The van der Waals surface area contributed by atoms with Gasteiger partial charge in [0.1, 0.15) is 19.1 Å². The molecule has 138 valence electrons. The van der Waals surface area contributed by atoms with Crippen LogP contribution in [0.4, 0.5) is 5.69 Å². The molecule has 0 amide bonds. The summed E-state index contributed by atoms with van der Waals surface area (Å²) in [5, 5.41) is 0. The fourth-order valence-electron chi connectivity index (χ4n) is 3.82. The van der Waals surface area contributed by atoms with E-state index in [-0.39, 0.29) is 6.79 Å². The van der Waals surface area contributed by atoms with Crippen molar-refractivity contribution in [2.45, 2.75) is 12.3 Å². The van der Waals surface area contributed by atoms with Crippen molar-refractivity contribution in [3.05, 3.63) is 60.1 Å². The molecule has 3 heterocycles. The number of benzene rings is 2. The first-order chi connectivity index (χ1) is 13.2. The zero-order valence-corrected chi connectivity index (χ0v) is 14.9. The first-order valence-corrected chi connectivity index (χ1v) is 8.44. The molecule has 3 aromatic rings. The van der Waals surface area contributed by atoms with Crippen LogP contribution in [0.25, 0.3) is 11.1 Å². The molecule has 0 fully saturated rings. The number of rotatable bonds is 2. The summed E-state index contributed by atoms with van der Waals surface area (Å²) in [7, 11) is 0. The Bertz CT molecular complexity index is 982. The molecule has 0 saturated heterocycles. The zero-order chi connectivity index (χ0) is 19.0. The molecule has 0 aliphatic carbocycles. The van der Waals surface area contributed by atoms with Gasteiger partial charge in [-0.15, -0.1) is 0 Å². The molecule has 0 bridgehead atoms. The average Bonchev–Trinajstić information content (AvgIpc) is 3.43. The van der Waals surface area contributed by atoms with Crippen molar-refractivity contribution in [1.29, 1.82) is 0 Å². The van der Waals surface area contributed by atoms with Gasteiger partial charge in [0.25, 0.3) is 0 Å². The third kappa shape index (κ3) is 2.52. The normalized spacial score (nSPS) is 19.0. The summed E-state index contributed by atoms with van der Waals surface area (Å²) in [6.45, 7) is 4.89. The number of fused-ring (bicyclic) bond motifs is 2. The van der Waals surface area contributed by atoms with Crippen LogP contribution in [0.2, 0.25) is 0 Å². The Morgan fingerprint density at radius 2 is 1.81 bits per heavy atom. The molecule has 2 aliphatic heterocycles. The van der Waals surface area contributed by atoms with Gasteiger partial charge in [-0.3, -0.25) is 0 Å². The summed E-state index contributed by atoms with van der Waals surface area (Å²) in [5.74, 6) is 2.28. The monoisotopic (exact) mass is 365 g/mol. The van der Waals surface area contributed by atoms with Gasteiger partial charge in [0.15, 0.2) is 11.5 Å². The topological polar surface area (TPSA) is 83.9 Å². The van der Waals surface area contributed by atoms with E-state index in [1.807, 2.05) is 37.1 Å². The number of furan rings is 1. The van der Waals surface area contributed by atoms with Gasteiger partial charge in [-0.2, -0.15) is 0 Å². The molecule has 2 aliphatic rings.